The number of nitrogens with one attached hydrogen (secondary N) is 2. The summed E-state index contributed by atoms with van der Waals surface area (Å²) in [5, 5.41) is 5.69. The lowest BCUT2D eigenvalue weighted by Gasteiger charge is -2.21. The Morgan fingerprint density at radius 3 is 2.62 bits per heavy atom. The van der Waals surface area contributed by atoms with Crippen molar-refractivity contribution in [3.8, 4) is 0 Å². The van der Waals surface area contributed by atoms with Crippen molar-refractivity contribution in [2.45, 2.75) is 38.1 Å². The van der Waals surface area contributed by atoms with Crippen LogP contribution in [0.2, 0.25) is 0 Å². The zero-order valence-corrected chi connectivity index (χ0v) is 14.1. The highest BCUT2D eigenvalue weighted by Gasteiger charge is 2.62. The van der Waals surface area contributed by atoms with Gasteiger partial charge in [-0.05, 0) is 37.0 Å². The summed E-state index contributed by atoms with van der Waals surface area (Å²) in [6, 6.07) is -0.489. The molecule has 1 aliphatic carbocycles. The van der Waals surface area contributed by atoms with Crippen molar-refractivity contribution in [1.29, 1.82) is 0 Å². The number of ketones is 1. The van der Waals surface area contributed by atoms with E-state index in [0.717, 1.165) is 0 Å². The van der Waals surface area contributed by atoms with Gasteiger partial charge in [-0.1, -0.05) is 0 Å². The minimum Gasteiger partial charge on any atom is -0.368 e. The van der Waals surface area contributed by atoms with Crippen LogP contribution in [-0.2, 0) is 19.1 Å². The van der Waals surface area contributed by atoms with Gasteiger partial charge in [-0.15, -0.1) is 13.2 Å². The second kappa shape index (κ2) is 6.80. The molecular formula is C16H22F3N3O4. The molecule has 1 saturated carbocycles. The second-order valence-electron chi connectivity index (χ2n) is 7.53. The molecule has 7 nitrogen and oxygen atoms in total. The van der Waals surface area contributed by atoms with Crippen molar-refractivity contribution in [2.24, 2.45) is 28.9 Å². The largest absolute Gasteiger partial charge is 0.522 e. The number of Topliss-reactive ketones (excluding diaryl/α,β-unsaturated/α-hetero) is 1. The quantitative estimate of drug-likeness (QED) is 0.582. The molecule has 0 aromatic heterocycles. The van der Waals surface area contributed by atoms with Crippen molar-refractivity contribution in [1.82, 2.24) is 10.6 Å². The lowest BCUT2D eigenvalue weighted by Crippen LogP contribution is -2.36. The third-order valence-corrected chi connectivity index (χ3v) is 5.89. The van der Waals surface area contributed by atoms with Crippen LogP contribution in [0, 0.1) is 23.2 Å². The lowest BCUT2D eigenvalue weighted by atomic mass is 9.83. The monoisotopic (exact) mass is 377 g/mol. The normalized spacial score (nSPS) is 34.7. The minimum absolute atomic E-state index is 0.169. The van der Waals surface area contributed by atoms with Gasteiger partial charge in [-0.3, -0.25) is 19.1 Å². The summed E-state index contributed by atoms with van der Waals surface area (Å²) >= 11 is 0. The summed E-state index contributed by atoms with van der Waals surface area (Å²) < 4.78 is 40.6. The lowest BCUT2D eigenvalue weighted by molar-refractivity contribution is -0.321. The number of nitrogens with two attached hydrogens (primary N) is 1. The zero-order valence-electron chi connectivity index (χ0n) is 14.1. The van der Waals surface area contributed by atoms with Gasteiger partial charge in [0.2, 0.25) is 11.8 Å². The Kier molecular flexibility index (Phi) is 5.00. The number of carbonyl (C=O) groups is 3. The van der Waals surface area contributed by atoms with Crippen molar-refractivity contribution in [2.75, 3.05) is 19.7 Å². The molecule has 0 aromatic rings. The smallest absolute Gasteiger partial charge is 0.368 e. The average molecular weight is 377 g/mol. The average Bonchev–Trinajstić information content (AvgIpc) is 2.86. The van der Waals surface area contributed by atoms with Crippen molar-refractivity contribution in [3.05, 3.63) is 0 Å². The number of rotatable bonds is 7. The highest BCUT2D eigenvalue weighted by Crippen LogP contribution is 2.62. The molecule has 3 rings (SSSR count). The number of carbonyl (C=O) groups excluding carboxylic acids is 3. The third-order valence-electron chi connectivity index (χ3n) is 5.89. The summed E-state index contributed by atoms with van der Waals surface area (Å²) in [5.74, 6) is -2.54. The zero-order chi connectivity index (χ0) is 19.1. The number of primary amides is 1. The Balaban J connectivity index is 1.68. The van der Waals surface area contributed by atoms with E-state index in [1.807, 2.05) is 0 Å². The van der Waals surface area contributed by atoms with E-state index in [2.05, 4.69) is 15.4 Å². The predicted molar refractivity (Wildman–Crippen MR) is 82.4 cm³/mol. The van der Waals surface area contributed by atoms with E-state index < -0.39 is 36.6 Å². The molecular weight excluding hydrogens is 355 g/mol. The van der Waals surface area contributed by atoms with Crippen LogP contribution in [0.1, 0.15) is 25.7 Å². The molecule has 5 atom stereocenters. The number of halogens is 3. The Hall–Kier alpha value is -1.68. The fourth-order valence-corrected chi connectivity index (χ4v) is 4.42. The van der Waals surface area contributed by atoms with E-state index in [1.165, 1.54) is 0 Å². The second-order valence-corrected chi connectivity index (χ2v) is 7.53. The van der Waals surface area contributed by atoms with Crippen LogP contribution in [0.5, 0.6) is 0 Å². The highest BCUT2D eigenvalue weighted by molar-refractivity contribution is 5.85. The van der Waals surface area contributed by atoms with Crippen molar-refractivity contribution >= 4 is 17.6 Å². The predicted octanol–water partition coefficient (Wildman–Crippen LogP) is 0.0878. The van der Waals surface area contributed by atoms with Gasteiger partial charge in [0.25, 0.3) is 0 Å². The summed E-state index contributed by atoms with van der Waals surface area (Å²) in [6.45, 7) is -0.0572. The van der Waals surface area contributed by atoms with Gasteiger partial charge in [-0.2, -0.15) is 0 Å². The molecule has 3 aliphatic rings. The summed E-state index contributed by atoms with van der Waals surface area (Å²) in [5.41, 5.74) is 5.00. The van der Waals surface area contributed by atoms with Crippen LogP contribution in [0.4, 0.5) is 13.2 Å². The molecule has 0 bridgehead atoms. The van der Waals surface area contributed by atoms with E-state index in [9.17, 15) is 27.6 Å². The van der Waals surface area contributed by atoms with Crippen LogP contribution >= 0.6 is 0 Å². The van der Waals surface area contributed by atoms with Crippen LogP contribution in [0.3, 0.4) is 0 Å². The highest BCUT2D eigenvalue weighted by atomic mass is 19.4. The first kappa shape index (κ1) is 19.1. The Morgan fingerprint density at radius 1 is 1.35 bits per heavy atom. The van der Waals surface area contributed by atoms with E-state index in [0.29, 0.717) is 32.4 Å². The van der Waals surface area contributed by atoms with Crippen LogP contribution in [0.25, 0.3) is 0 Å². The molecule has 2 amide bonds. The van der Waals surface area contributed by atoms with Gasteiger partial charge in [0, 0.05) is 24.9 Å². The first-order valence-corrected chi connectivity index (χ1v) is 8.65. The van der Waals surface area contributed by atoms with Gasteiger partial charge >= 0.3 is 6.36 Å². The third kappa shape index (κ3) is 4.01. The number of hydrogen-bond acceptors (Lipinski definition) is 5. The molecule has 146 valence electrons. The topological polar surface area (TPSA) is 111 Å². The Bertz CT molecular complexity index is 612. The number of ether oxygens (including phenoxy) is 1. The summed E-state index contributed by atoms with van der Waals surface area (Å²) in [7, 11) is 0. The molecule has 2 saturated heterocycles. The van der Waals surface area contributed by atoms with Gasteiger partial charge in [0.1, 0.15) is 6.61 Å². The molecule has 2 aliphatic heterocycles. The summed E-state index contributed by atoms with van der Waals surface area (Å²) in [6.07, 6.45) is -3.02. The number of amides is 2. The van der Waals surface area contributed by atoms with Gasteiger partial charge in [0.15, 0.2) is 5.78 Å². The Morgan fingerprint density at radius 2 is 2.08 bits per heavy atom. The maximum Gasteiger partial charge on any atom is 0.522 e. The Labute approximate surface area is 148 Å². The van der Waals surface area contributed by atoms with E-state index >= 15 is 0 Å². The molecule has 0 radical (unpaired) electrons. The molecule has 2 heterocycles. The first-order chi connectivity index (χ1) is 12.1. The van der Waals surface area contributed by atoms with Gasteiger partial charge in [0.05, 0.1) is 6.04 Å². The van der Waals surface area contributed by atoms with Crippen molar-refractivity contribution < 1.29 is 32.3 Å². The fourth-order valence-electron chi connectivity index (χ4n) is 4.42. The van der Waals surface area contributed by atoms with Crippen LogP contribution < -0.4 is 16.4 Å². The van der Waals surface area contributed by atoms with Gasteiger partial charge in [-0.25, -0.2) is 0 Å². The van der Waals surface area contributed by atoms with E-state index in [4.69, 9.17) is 5.73 Å². The van der Waals surface area contributed by atoms with Gasteiger partial charge < -0.3 is 16.4 Å². The molecule has 0 aromatic carbocycles. The molecule has 4 N–H and O–H groups in total. The van der Waals surface area contributed by atoms with Crippen LogP contribution in [-0.4, -0.2) is 49.7 Å². The van der Waals surface area contributed by atoms with Crippen LogP contribution in [0.15, 0.2) is 0 Å². The minimum atomic E-state index is -4.88. The number of alkyl halides is 3. The molecule has 1 spiro atoms. The standard InChI is InChI=1S/C16H22F3N3O4/c17-16(18,19)26-6-12(23)9(3-8-1-2-21-14(8)25)10-4-15(10)5-11(13(20)24)22-7-15/h8-11,22H,1-7H2,(H2,20,24)(H,21,25)/t8-,9-,10?,11?,15?/m1/s1. The molecule has 10 heteroatoms. The first-order valence-electron chi connectivity index (χ1n) is 8.65. The van der Waals surface area contributed by atoms with Crippen molar-refractivity contribution in [3.63, 3.8) is 0 Å². The molecule has 3 unspecified atom stereocenters. The molecule has 26 heavy (non-hydrogen) atoms. The fraction of sp³-hybridized carbons (Fsp3) is 0.812. The number of hydrogen-bond donors (Lipinski definition) is 3. The maximum absolute atomic E-state index is 12.5. The van der Waals surface area contributed by atoms with E-state index in [1.54, 1.807) is 0 Å². The van der Waals surface area contributed by atoms with E-state index in [-0.39, 0.29) is 29.6 Å². The maximum atomic E-state index is 12.5. The molecule has 3 fully saturated rings. The summed E-state index contributed by atoms with van der Waals surface area (Å²) in [4.78, 5) is 35.6. The SMILES string of the molecule is NC(=O)C1CC2(CN1)CC2[C@@H](C[C@H]1CCNC1=O)C(=O)COC(F)(F)F.